The van der Waals surface area contributed by atoms with Gasteiger partial charge < -0.3 is 4.74 Å². The maximum Gasteiger partial charge on any atom is 0.272 e. The summed E-state index contributed by atoms with van der Waals surface area (Å²) < 4.78 is 57.6. The summed E-state index contributed by atoms with van der Waals surface area (Å²) in [6, 6.07) is 7.21. The van der Waals surface area contributed by atoms with Gasteiger partial charge in [-0.2, -0.15) is 0 Å². The smallest absolute Gasteiger partial charge is 0.272 e. The molecule has 32 heavy (non-hydrogen) atoms. The Hall–Kier alpha value is -1.04. The van der Waals surface area contributed by atoms with Crippen LogP contribution < -0.4 is 4.74 Å². The van der Waals surface area contributed by atoms with Gasteiger partial charge in [-0.25, -0.2) is 17.6 Å². The molecule has 3 rings (SSSR count). The predicted octanol–water partition coefficient (Wildman–Crippen LogP) is 8.49. The lowest BCUT2D eigenvalue weighted by Gasteiger charge is -2.32. The standard InChI is InChI=1S/C26H40F4OSi/c1-2-3-4-13-32-14-11-20(12-15-32)6-5-19-7-9-21(10-8-19)22-16-23(27)26(24(28)17-22)31-18-25(29)30/h16-17,19-21,25,32H,2-15,18H2,1H3. The second-order valence-electron chi connectivity index (χ2n) is 10.2. The summed E-state index contributed by atoms with van der Waals surface area (Å²) in [6.07, 6.45) is 11.1. The van der Waals surface area contributed by atoms with Crippen LogP contribution >= 0.6 is 0 Å². The molecule has 0 bridgehead atoms. The molecule has 0 amide bonds. The number of unbranched alkanes of at least 4 members (excludes halogenated alkanes) is 2. The minimum absolute atomic E-state index is 0.143. The fourth-order valence-corrected chi connectivity index (χ4v) is 9.46. The van der Waals surface area contributed by atoms with Crippen LogP contribution in [0, 0.1) is 23.5 Å². The van der Waals surface area contributed by atoms with Gasteiger partial charge in [0.25, 0.3) is 6.43 Å². The van der Waals surface area contributed by atoms with Gasteiger partial charge in [-0.05, 0) is 61.1 Å². The summed E-state index contributed by atoms with van der Waals surface area (Å²) in [6.45, 7) is 1.29. The Labute approximate surface area is 192 Å². The van der Waals surface area contributed by atoms with E-state index in [1.54, 1.807) is 18.1 Å². The summed E-state index contributed by atoms with van der Waals surface area (Å²) in [7, 11) is -0.428. The van der Waals surface area contributed by atoms with Crippen molar-refractivity contribution in [3.05, 3.63) is 29.3 Å². The van der Waals surface area contributed by atoms with Gasteiger partial charge in [0.2, 0.25) is 0 Å². The molecule has 0 N–H and O–H groups in total. The van der Waals surface area contributed by atoms with Crippen LogP contribution in [-0.4, -0.2) is 21.8 Å². The molecule has 182 valence electrons. The zero-order valence-electron chi connectivity index (χ0n) is 19.6. The second-order valence-corrected chi connectivity index (χ2v) is 13.7. The number of rotatable bonds is 11. The van der Waals surface area contributed by atoms with Crippen LogP contribution in [0.15, 0.2) is 12.1 Å². The van der Waals surface area contributed by atoms with Gasteiger partial charge in [-0.3, -0.25) is 0 Å². The van der Waals surface area contributed by atoms with Gasteiger partial charge in [0.1, 0.15) is 6.61 Å². The highest BCUT2D eigenvalue weighted by Crippen LogP contribution is 2.41. The van der Waals surface area contributed by atoms with Crippen LogP contribution in [0.4, 0.5) is 17.6 Å². The van der Waals surface area contributed by atoms with Gasteiger partial charge in [-0.1, -0.05) is 70.0 Å². The fourth-order valence-electron chi connectivity index (χ4n) is 5.85. The van der Waals surface area contributed by atoms with Crippen molar-refractivity contribution in [2.24, 2.45) is 11.8 Å². The van der Waals surface area contributed by atoms with Crippen molar-refractivity contribution in [2.45, 2.75) is 108 Å². The van der Waals surface area contributed by atoms with Gasteiger partial charge in [0.05, 0.1) is 0 Å². The number of hydrogen-bond acceptors (Lipinski definition) is 1. The van der Waals surface area contributed by atoms with Crippen LogP contribution in [-0.2, 0) is 0 Å². The van der Waals surface area contributed by atoms with Crippen molar-refractivity contribution in [1.29, 1.82) is 0 Å². The van der Waals surface area contributed by atoms with Gasteiger partial charge in [0, 0.05) is 8.80 Å². The van der Waals surface area contributed by atoms with E-state index in [1.165, 1.54) is 57.1 Å². The Balaban J connectivity index is 1.38. The minimum atomic E-state index is -2.76. The molecule has 1 heterocycles. The van der Waals surface area contributed by atoms with Gasteiger partial charge >= 0.3 is 0 Å². The molecule has 2 fully saturated rings. The normalized spacial score (nSPS) is 26.4. The third kappa shape index (κ3) is 7.77. The van der Waals surface area contributed by atoms with E-state index in [0.29, 0.717) is 5.56 Å². The number of ether oxygens (including phenoxy) is 1. The largest absolute Gasteiger partial charge is 0.482 e. The maximum absolute atomic E-state index is 14.2. The topological polar surface area (TPSA) is 9.23 Å². The molecule has 0 atom stereocenters. The first-order valence-electron chi connectivity index (χ1n) is 12.9. The average molecular weight is 473 g/mol. The molecule has 0 aromatic heterocycles. The maximum atomic E-state index is 14.2. The molecule has 1 saturated heterocycles. The SMILES string of the molecule is CCCCC[SiH]1CCC(CCC2CCC(c3cc(F)c(OCC(F)F)c(F)c3)CC2)CC1. The third-order valence-corrected chi connectivity index (χ3v) is 11.4. The number of alkyl halides is 2. The monoisotopic (exact) mass is 472 g/mol. The zero-order chi connectivity index (χ0) is 22.9. The van der Waals surface area contributed by atoms with Crippen LogP contribution in [0.2, 0.25) is 18.1 Å². The first-order valence-corrected chi connectivity index (χ1v) is 15.3. The molecule has 0 spiro atoms. The second kappa shape index (κ2) is 13.0. The van der Waals surface area contributed by atoms with E-state index < -0.39 is 39.2 Å². The summed E-state index contributed by atoms with van der Waals surface area (Å²) in [5.41, 5.74) is 0.634. The van der Waals surface area contributed by atoms with E-state index in [-0.39, 0.29) is 5.92 Å². The summed E-state index contributed by atoms with van der Waals surface area (Å²) >= 11 is 0. The van der Waals surface area contributed by atoms with Crippen LogP contribution in [0.5, 0.6) is 5.75 Å². The fraction of sp³-hybridized carbons (Fsp3) is 0.769. The Morgan fingerprint density at radius 3 is 2.06 bits per heavy atom. The molecule has 0 unspecified atom stereocenters. The van der Waals surface area contributed by atoms with Crippen LogP contribution in [0.25, 0.3) is 0 Å². The lowest BCUT2D eigenvalue weighted by Crippen LogP contribution is -2.22. The zero-order valence-corrected chi connectivity index (χ0v) is 20.7. The van der Waals surface area contributed by atoms with Crippen molar-refractivity contribution >= 4 is 8.80 Å². The summed E-state index contributed by atoms with van der Waals surface area (Å²) in [5.74, 6) is -0.649. The van der Waals surface area contributed by atoms with Crippen molar-refractivity contribution < 1.29 is 22.3 Å². The van der Waals surface area contributed by atoms with E-state index in [1.807, 2.05) is 0 Å². The Kier molecular flexibility index (Phi) is 10.4. The first-order chi connectivity index (χ1) is 15.5. The molecule has 1 aliphatic heterocycles. The Morgan fingerprint density at radius 1 is 0.906 bits per heavy atom. The quantitative estimate of drug-likeness (QED) is 0.178. The van der Waals surface area contributed by atoms with Crippen molar-refractivity contribution in [3.63, 3.8) is 0 Å². The average Bonchev–Trinajstić information content (AvgIpc) is 2.78. The molecule has 0 radical (unpaired) electrons. The van der Waals surface area contributed by atoms with Gasteiger partial charge in [0.15, 0.2) is 17.4 Å². The van der Waals surface area contributed by atoms with E-state index in [9.17, 15) is 17.6 Å². The van der Waals surface area contributed by atoms with Crippen molar-refractivity contribution in [1.82, 2.24) is 0 Å². The van der Waals surface area contributed by atoms with E-state index in [2.05, 4.69) is 11.7 Å². The number of halogens is 4. The molecule has 1 aromatic rings. The molecule has 2 aliphatic rings. The molecule has 1 nitrogen and oxygen atoms in total. The lowest BCUT2D eigenvalue weighted by atomic mass is 9.76. The molecule has 1 aliphatic carbocycles. The van der Waals surface area contributed by atoms with Crippen molar-refractivity contribution in [2.75, 3.05) is 6.61 Å². The van der Waals surface area contributed by atoms with Crippen LogP contribution in [0.1, 0.15) is 89.0 Å². The number of hydrogen-bond donors (Lipinski definition) is 0. The predicted molar refractivity (Wildman–Crippen MR) is 126 cm³/mol. The molecular formula is C26H40F4OSi. The van der Waals surface area contributed by atoms with Crippen molar-refractivity contribution in [3.8, 4) is 5.75 Å². The van der Waals surface area contributed by atoms with E-state index in [0.717, 1.165) is 37.5 Å². The third-order valence-electron chi connectivity index (χ3n) is 7.86. The molecule has 1 saturated carbocycles. The highest BCUT2D eigenvalue weighted by Gasteiger charge is 2.27. The summed E-state index contributed by atoms with van der Waals surface area (Å²) in [5, 5.41) is 0. The van der Waals surface area contributed by atoms with E-state index in [4.69, 9.17) is 0 Å². The lowest BCUT2D eigenvalue weighted by molar-refractivity contribution is 0.0777. The Bertz CT molecular complexity index is 659. The first kappa shape index (κ1) is 25.6. The molecular weight excluding hydrogens is 432 g/mol. The highest BCUT2D eigenvalue weighted by atomic mass is 28.3. The minimum Gasteiger partial charge on any atom is -0.482 e. The molecule has 1 aromatic carbocycles. The Morgan fingerprint density at radius 2 is 1.50 bits per heavy atom. The van der Waals surface area contributed by atoms with E-state index >= 15 is 0 Å². The van der Waals surface area contributed by atoms with Gasteiger partial charge in [-0.15, -0.1) is 0 Å². The number of benzene rings is 1. The summed E-state index contributed by atoms with van der Waals surface area (Å²) in [4.78, 5) is 0. The van der Waals surface area contributed by atoms with Crippen LogP contribution in [0.3, 0.4) is 0 Å². The molecule has 6 heteroatoms. The highest BCUT2D eigenvalue weighted by molar-refractivity contribution is 6.58.